The molecule has 1 fully saturated rings. The summed E-state index contributed by atoms with van der Waals surface area (Å²) in [5.41, 5.74) is -0.366. The van der Waals surface area contributed by atoms with Crippen molar-refractivity contribution in [2.75, 3.05) is 13.1 Å². The highest BCUT2D eigenvalue weighted by atomic mass is 19.4. The van der Waals surface area contributed by atoms with E-state index in [-0.39, 0.29) is 46.9 Å². The Kier molecular flexibility index (Phi) is 5.21. The molecule has 30 heavy (non-hydrogen) atoms. The average Bonchev–Trinajstić information content (AvgIpc) is 3.12. The molecule has 1 aliphatic heterocycles. The highest BCUT2D eigenvalue weighted by Crippen LogP contribution is 2.40. The van der Waals surface area contributed by atoms with Crippen LogP contribution in [0.2, 0.25) is 0 Å². The van der Waals surface area contributed by atoms with Gasteiger partial charge in [-0.1, -0.05) is 23.4 Å². The molecule has 0 N–H and O–H groups in total. The number of pyridine rings is 1. The second-order valence-electron chi connectivity index (χ2n) is 7.50. The van der Waals surface area contributed by atoms with Gasteiger partial charge >= 0.3 is 6.18 Å². The van der Waals surface area contributed by atoms with Gasteiger partial charge in [-0.05, 0) is 37.5 Å². The van der Waals surface area contributed by atoms with Crippen LogP contribution < -0.4 is 0 Å². The molecule has 4 rings (SSSR count). The van der Waals surface area contributed by atoms with Crippen molar-refractivity contribution in [2.45, 2.75) is 38.3 Å². The Labute approximate surface area is 169 Å². The number of carbonyl (C=O) groups excluding carboxylic acids is 1. The van der Waals surface area contributed by atoms with E-state index in [1.165, 1.54) is 13.0 Å². The third-order valence-electron chi connectivity index (χ3n) is 5.37. The van der Waals surface area contributed by atoms with E-state index < -0.39 is 23.5 Å². The molecule has 158 valence electrons. The van der Waals surface area contributed by atoms with Gasteiger partial charge in [0.05, 0.1) is 23.1 Å². The molecule has 1 aliphatic rings. The van der Waals surface area contributed by atoms with Gasteiger partial charge in [-0.15, -0.1) is 0 Å². The number of aromatic nitrogens is 2. The molecule has 0 spiro atoms. The van der Waals surface area contributed by atoms with Crippen LogP contribution in [0, 0.1) is 12.7 Å². The molecular formula is C21H19F4N3O2. The summed E-state index contributed by atoms with van der Waals surface area (Å²) in [7, 11) is 0. The Morgan fingerprint density at radius 2 is 2.07 bits per heavy atom. The number of rotatable bonds is 3. The maximum absolute atomic E-state index is 13.9. The lowest BCUT2D eigenvalue weighted by atomic mass is 9.91. The van der Waals surface area contributed by atoms with Crippen LogP contribution >= 0.6 is 0 Å². The Morgan fingerprint density at radius 1 is 1.30 bits per heavy atom. The van der Waals surface area contributed by atoms with Crippen LogP contribution in [0.3, 0.4) is 0 Å². The van der Waals surface area contributed by atoms with Crippen molar-refractivity contribution in [3.8, 4) is 0 Å². The summed E-state index contributed by atoms with van der Waals surface area (Å²) < 4.78 is 59.8. The SMILES string of the molecule is Cc1cc(C(F)(F)F)c2c([C@@H]3CCCN(C(=O)Cc4ccccc4F)C3)noc2n1. The van der Waals surface area contributed by atoms with Gasteiger partial charge in [0.15, 0.2) is 0 Å². The summed E-state index contributed by atoms with van der Waals surface area (Å²) >= 11 is 0. The molecule has 0 saturated carbocycles. The lowest BCUT2D eigenvalue weighted by Crippen LogP contribution is -2.40. The maximum atomic E-state index is 13.9. The number of piperidine rings is 1. The summed E-state index contributed by atoms with van der Waals surface area (Å²) in [5.74, 6) is -1.16. The normalized spacial score (nSPS) is 17.5. The fourth-order valence-electron chi connectivity index (χ4n) is 3.94. The molecule has 1 saturated heterocycles. The minimum atomic E-state index is -4.58. The molecule has 0 bridgehead atoms. The zero-order chi connectivity index (χ0) is 21.5. The van der Waals surface area contributed by atoms with Crippen LogP contribution in [0.4, 0.5) is 17.6 Å². The van der Waals surface area contributed by atoms with Gasteiger partial charge in [0, 0.05) is 24.7 Å². The number of halogens is 4. The molecule has 0 aliphatic carbocycles. The third kappa shape index (κ3) is 3.88. The van der Waals surface area contributed by atoms with E-state index in [1.807, 2.05) is 0 Å². The fraction of sp³-hybridized carbons (Fsp3) is 0.381. The summed E-state index contributed by atoms with van der Waals surface area (Å²) in [4.78, 5) is 18.3. The highest BCUT2D eigenvalue weighted by molar-refractivity contribution is 5.82. The first-order valence-corrected chi connectivity index (χ1v) is 9.59. The predicted molar refractivity (Wildman–Crippen MR) is 100 cm³/mol. The Morgan fingerprint density at radius 3 is 2.80 bits per heavy atom. The van der Waals surface area contributed by atoms with Crippen molar-refractivity contribution >= 4 is 17.0 Å². The third-order valence-corrected chi connectivity index (χ3v) is 5.37. The van der Waals surface area contributed by atoms with Gasteiger partial charge in [0.25, 0.3) is 5.71 Å². The van der Waals surface area contributed by atoms with Crippen molar-refractivity contribution in [3.05, 3.63) is 58.7 Å². The van der Waals surface area contributed by atoms with Crippen LogP contribution in [0.1, 0.15) is 41.3 Å². The first-order valence-electron chi connectivity index (χ1n) is 9.59. The van der Waals surface area contributed by atoms with Crippen LogP contribution in [0.15, 0.2) is 34.9 Å². The average molecular weight is 421 g/mol. The van der Waals surface area contributed by atoms with E-state index in [9.17, 15) is 22.4 Å². The van der Waals surface area contributed by atoms with Crippen molar-refractivity contribution < 1.29 is 26.9 Å². The lowest BCUT2D eigenvalue weighted by molar-refractivity contribution is -0.136. The monoisotopic (exact) mass is 421 g/mol. The zero-order valence-electron chi connectivity index (χ0n) is 16.2. The predicted octanol–water partition coefficient (Wildman–Crippen LogP) is 4.64. The first kappa shape index (κ1) is 20.3. The second kappa shape index (κ2) is 7.70. The number of aryl methyl sites for hydroxylation is 1. The van der Waals surface area contributed by atoms with Crippen molar-refractivity contribution in [2.24, 2.45) is 0 Å². The number of amides is 1. The van der Waals surface area contributed by atoms with Crippen molar-refractivity contribution in [3.63, 3.8) is 0 Å². The fourth-order valence-corrected chi connectivity index (χ4v) is 3.94. The molecule has 0 radical (unpaired) electrons. The van der Waals surface area contributed by atoms with Crippen molar-refractivity contribution in [1.82, 2.24) is 15.0 Å². The standard InChI is InChI=1S/C21H19F4N3O2/c1-12-9-15(21(23,24)25)18-19(27-30-20(18)26-12)14-6-4-8-28(11-14)17(29)10-13-5-2-3-7-16(13)22/h2-3,5,7,9,14H,4,6,8,10-11H2,1H3/t14-/m1/s1. The molecule has 3 aromatic rings. The number of likely N-dealkylation sites (tertiary alicyclic amines) is 1. The van der Waals surface area contributed by atoms with Gasteiger partial charge in [0.2, 0.25) is 5.91 Å². The van der Waals surface area contributed by atoms with E-state index in [1.54, 1.807) is 23.1 Å². The van der Waals surface area contributed by atoms with Crippen LogP contribution in [0.5, 0.6) is 0 Å². The van der Waals surface area contributed by atoms with Crippen LogP contribution in [-0.2, 0) is 17.4 Å². The molecule has 1 amide bonds. The zero-order valence-corrected chi connectivity index (χ0v) is 16.2. The van der Waals surface area contributed by atoms with E-state index in [2.05, 4.69) is 10.1 Å². The summed E-state index contributed by atoms with van der Waals surface area (Å²) in [5, 5.41) is 3.74. The van der Waals surface area contributed by atoms with Crippen LogP contribution in [-0.4, -0.2) is 34.0 Å². The second-order valence-corrected chi connectivity index (χ2v) is 7.50. The smallest absolute Gasteiger partial charge is 0.342 e. The number of nitrogens with zero attached hydrogens (tertiary/aromatic N) is 3. The minimum Gasteiger partial charge on any atom is -0.342 e. The van der Waals surface area contributed by atoms with E-state index in [4.69, 9.17) is 4.52 Å². The summed E-state index contributed by atoms with van der Waals surface area (Å²) in [6, 6.07) is 7.01. The molecule has 9 heteroatoms. The van der Waals surface area contributed by atoms with Gasteiger partial charge in [-0.2, -0.15) is 13.2 Å². The van der Waals surface area contributed by atoms with E-state index in [0.29, 0.717) is 19.4 Å². The van der Waals surface area contributed by atoms with E-state index in [0.717, 1.165) is 6.07 Å². The lowest BCUT2D eigenvalue weighted by Gasteiger charge is -2.32. The quantitative estimate of drug-likeness (QED) is 0.579. The molecule has 2 aromatic heterocycles. The van der Waals surface area contributed by atoms with Gasteiger partial charge < -0.3 is 9.42 Å². The molecule has 3 heterocycles. The minimum absolute atomic E-state index is 0.104. The molecule has 0 unspecified atom stereocenters. The number of fused-ring (bicyclic) bond motifs is 1. The number of benzene rings is 1. The molecule has 1 atom stereocenters. The summed E-state index contributed by atoms with van der Waals surface area (Å²) in [6.07, 6.45) is -3.52. The molecular weight excluding hydrogens is 402 g/mol. The number of hydrogen-bond donors (Lipinski definition) is 0. The number of hydrogen-bond acceptors (Lipinski definition) is 4. The van der Waals surface area contributed by atoms with Crippen LogP contribution in [0.25, 0.3) is 11.1 Å². The number of alkyl halides is 3. The van der Waals surface area contributed by atoms with Gasteiger partial charge in [-0.25, -0.2) is 9.37 Å². The van der Waals surface area contributed by atoms with Gasteiger partial charge in [-0.3, -0.25) is 4.79 Å². The van der Waals surface area contributed by atoms with Crippen molar-refractivity contribution in [1.29, 1.82) is 0 Å². The molecule has 1 aromatic carbocycles. The maximum Gasteiger partial charge on any atom is 0.417 e. The van der Waals surface area contributed by atoms with E-state index >= 15 is 0 Å². The summed E-state index contributed by atoms with van der Waals surface area (Å²) in [6.45, 7) is 2.11. The Bertz CT molecular complexity index is 1090. The largest absolute Gasteiger partial charge is 0.417 e. The first-order chi connectivity index (χ1) is 14.2. The Balaban J connectivity index is 1.62. The highest BCUT2D eigenvalue weighted by Gasteiger charge is 2.38. The molecule has 5 nitrogen and oxygen atoms in total. The van der Waals surface area contributed by atoms with Gasteiger partial charge in [0.1, 0.15) is 5.82 Å². The number of carbonyl (C=O) groups is 1. The topological polar surface area (TPSA) is 59.2 Å². The Hall–Kier alpha value is -2.97.